The van der Waals surface area contributed by atoms with E-state index in [0.29, 0.717) is 30.7 Å². The molecule has 3 aromatic rings. The first-order valence-electron chi connectivity index (χ1n) is 13.2. The molecule has 1 saturated heterocycles. The number of aliphatic hydroxyl groups excluding tert-OH is 1. The van der Waals surface area contributed by atoms with Crippen LogP contribution in [0.4, 0.5) is 5.69 Å². The lowest BCUT2D eigenvalue weighted by Crippen LogP contribution is -2.34. The molecule has 1 spiro atoms. The van der Waals surface area contributed by atoms with Crippen molar-refractivity contribution < 1.29 is 19.4 Å². The maximum Gasteiger partial charge on any atom is 0.293 e. The van der Waals surface area contributed by atoms with Crippen molar-refractivity contribution >= 4 is 12.2 Å². The first kappa shape index (κ1) is 25.3. The maximum absolute atomic E-state index is 10.7. The van der Waals surface area contributed by atoms with Gasteiger partial charge in [-0.05, 0) is 90.1 Å². The summed E-state index contributed by atoms with van der Waals surface area (Å²) in [5.74, 6) is 0.710. The topological polar surface area (TPSA) is 85.0 Å². The third-order valence-corrected chi connectivity index (χ3v) is 7.89. The third kappa shape index (κ3) is 6.14. The summed E-state index contributed by atoms with van der Waals surface area (Å²) in [5, 5.41) is 9.34. The van der Waals surface area contributed by atoms with Crippen LogP contribution in [-0.4, -0.2) is 31.3 Å². The highest BCUT2D eigenvalue weighted by Gasteiger charge is 2.44. The van der Waals surface area contributed by atoms with Gasteiger partial charge >= 0.3 is 0 Å². The van der Waals surface area contributed by atoms with Crippen molar-refractivity contribution in [3.8, 4) is 16.9 Å². The van der Waals surface area contributed by atoms with E-state index < -0.39 is 0 Å². The van der Waals surface area contributed by atoms with Crippen LogP contribution < -0.4 is 15.4 Å². The summed E-state index contributed by atoms with van der Waals surface area (Å²) < 4.78 is 11.2. The molecule has 0 unspecified atom stereocenters. The Balaban J connectivity index is 1.43. The Morgan fingerprint density at radius 2 is 1.76 bits per heavy atom. The molecule has 37 heavy (non-hydrogen) atoms. The summed E-state index contributed by atoms with van der Waals surface area (Å²) in [7, 11) is 0. The quantitative estimate of drug-likeness (QED) is 0.345. The number of nitrogens with zero attached hydrogens (tertiary/aromatic N) is 1. The molecule has 1 aliphatic heterocycles. The molecule has 1 heterocycles. The van der Waals surface area contributed by atoms with Gasteiger partial charge in [-0.3, -0.25) is 4.79 Å². The Bertz CT molecular complexity index is 1210. The number of carbonyl (C=O) groups excluding carboxylic acids is 1. The molecule has 2 fully saturated rings. The van der Waals surface area contributed by atoms with E-state index in [4.69, 9.17) is 15.2 Å². The fraction of sp³-hybridized carbons (Fsp3) is 0.387. The van der Waals surface area contributed by atoms with E-state index in [1.165, 1.54) is 31.4 Å². The lowest BCUT2D eigenvalue weighted by molar-refractivity contribution is -0.129. The number of aliphatic hydroxyl groups is 1. The van der Waals surface area contributed by atoms with Gasteiger partial charge in [0.25, 0.3) is 6.47 Å². The van der Waals surface area contributed by atoms with E-state index in [9.17, 15) is 9.90 Å². The minimum atomic E-state index is -0.196. The molecule has 6 nitrogen and oxygen atoms in total. The zero-order chi connectivity index (χ0) is 25.7. The highest BCUT2D eigenvalue weighted by Crippen LogP contribution is 2.54. The van der Waals surface area contributed by atoms with Gasteiger partial charge in [0.15, 0.2) is 0 Å². The van der Waals surface area contributed by atoms with Crippen molar-refractivity contribution in [1.82, 2.24) is 0 Å². The number of anilines is 1. The van der Waals surface area contributed by atoms with Crippen molar-refractivity contribution in [3.63, 3.8) is 0 Å². The van der Waals surface area contributed by atoms with Gasteiger partial charge < -0.3 is 25.2 Å². The number of nitrogens with two attached hydrogens (primary N) is 1. The fourth-order valence-corrected chi connectivity index (χ4v) is 5.33. The van der Waals surface area contributed by atoms with E-state index in [-0.39, 0.29) is 19.3 Å². The number of piperidine rings is 1. The van der Waals surface area contributed by atoms with Gasteiger partial charge in [-0.2, -0.15) is 0 Å². The predicted octanol–water partition coefficient (Wildman–Crippen LogP) is 5.37. The molecule has 1 saturated carbocycles. The van der Waals surface area contributed by atoms with Crippen molar-refractivity contribution in [2.75, 3.05) is 24.6 Å². The van der Waals surface area contributed by atoms with Crippen LogP contribution >= 0.6 is 0 Å². The summed E-state index contributed by atoms with van der Waals surface area (Å²) in [4.78, 5) is 13.2. The summed E-state index contributed by atoms with van der Waals surface area (Å²) in [6.07, 6.45) is 5.82. The van der Waals surface area contributed by atoms with Crippen LogP contribution in [0.15, 0.2) is 66.7 Å². The van der Waals surface area contributed by atoms with E-state index >= 15 is 0 Å². The van der Waals surface area contributed by atoms with Crippen molar-refractivity contribution in [2.45, 2.75) is 51.4 Å². The van der Waals surface area contributed by atoms with Gasteiger partial charge in [0.1, 0.15) is 19.0 Å². The Hall–Kier alpha value is -3.35. The highest BCUT2D eigenvalue weighted by molar-refractivity contribution is 5.70. The zero-order valence-electron chi connectivity index (χ0n) is 21.3. The average molecular weight is 501 g/mol. The highest BCUT2D eigenvalue weighted by atomic mass is 16.5. The number of carbonyl (C=O) groups is 1. The van der Waals surface area contributed by atoms with E-state index in [0.717, 1.165) is 40.9 Å². The van der Waals surface area contributed by atoms with Crippen LogP contribution in [0.3, 0.4) is 0 Å². The first-order valence-corrected chi connectivity index (χ1v) is 13.2. The minimum absolute atomic E-state index is 0.0676. The molecule has 0 radical (unpaired) electrons. The summed E-state index contributed by atoms with van der Waals surface area (Å²) in [6, 6.07) is 22.4. The second-order valence-corrected chi connectivity index (χ2v) is 10.4. The molecule has 0 bridgehead atoms. The largest absolute Gasteiger partial charge is 0.488 e. The average Bonchev–Trinajstić information content (AvgIpc) is 3.70. The van der Waals surface area contributed by atoms with E-state index in [2.05, 4.69) is 35.2 Å². The lowest BCUT2D eigenvalue weighted by Gasteiger charge is -2.34. The van der Waals surface area contributed by atoms with Crippen LogP contribution in [0.5, 0.6) is 5.75 Å². The predicted molar refractivity (Wildman–Crippen MR) is 145 cm³/mol. The number of benzene rings is 3. The molecule has 6 heteroatoms. The van der Waals surface area contributed by atoms with Gasteiger partial charge in [-0.15, -0.1) is 0 Å². The fourth-order valence-electron chi connectivity index (χ4n) is 5.33. The van der Waals surface area contributed by atoms with E-state index in [1.807, 2.05) is 36.4 Å². The first-order chi connectivity index (χ1) is 18.1. The minimum Gasteiger partial charge on any atom is -0.488 e. The number of hydrogen-bond acceptors (Lipinski definition) is 6. The van der Waals surface area contributed by atoms with Crippen molar-refractivity contribution in [2.24, 2.45) is 11.1 Å². The zero-order valence-corrected chi connectivity index (χ0v) is 21.3. The van der Waals surface area contributed by atoms with Gasteiger partial charge in [0.2, 0.25) is 0 Å². The monoisotopic (exact) mass is 500 g/mol. The molecule has 3 aromatic carbocycles. The number of hydrogen-bond donors (Lipinski definition) is 2. The summed E-state index contributed by atoms with van der Waals surface area (Å²) >= 11 is 0. The smallest absolute Gasteiger partial charge is 0.293 e. The molecule has 194 valence electrons. The Morgan fingerprint density at radius 3 is 2.51 bits per heavy atom. The van der Waals surface area contributed by atoms with Gasteiger partial charge in [0, 0.05) is 37.0 Å². The number of rotatable bonds is 11. The van der Waals surface area contributed by atoms with Gasteiger partial charge in [0.05, 0.1) is 0 Å². The SMILES string of the molecule is N[C@@H](CCO)c1cccc(-c2cc(COc3ccccc3COC=O)cc(N3CCC4(CC3)CC4)c2)c1. The van der Waals surface area contributed by atoms with Crippen LogP contribution in [0.2, 0.25) is 0 Å². The molecule has 0 aromatic heterocycles. The molecule has 5 rings (SSSR count). The summed E-state index contributed by atoms with van der Waals surface area (Å²) in [6.45, 7) is 3.27. The molecule has 0 amide bonds. The van der Waals surface area contributed by atoms with Crippen molar-refractivity contribution in [3.05, 3.63) is 83.4 Å². The Labute approximate surface area is 219 Å². The van der Waals surface area contributed by atoms with Gasteiger partial charge in [-0.25, -0.2) is 0 Å². The second kappa shape index (κ2) is 11.4. The molecule has 3 N–H and O–H groups in total. The van der Waals surface area contributed by atoms with E-state index in [1.54, 1.807) is 0 Å². The summed E-state index contributed by atoms with van der Waals surface area (Å²) in [5.41, 5.74) is 13.3. The molecular formula is C31H36N2O4. The second-order valence-electron chi connectivity index (χ2n) is 10.4. The molecule has 2 aliphatic rings. The Morgan fingerprint density at radius 1 is 0.946 bits per heavy atom. The van der Waals surface area contributed by atoms with Crippen LogP contribution in [-0.2, 0) is 22.7 Å². The van der Waals surface area contributed by atoms with Crippen molar-refractivity contribution in [1.29, 1.82) is 0 Å². The number of ether oxygens (including phenoxy) is 2. The molecule has 1 atom stereocenters. The normalized spacial score (nSPS) is 16.9. The maximum atomic E-state index is 10.7. The van der Waals surface area contributed by atoms with Gasteiger partial charge in [-0.1, -0.05) is 36.4 Å². The number of para-hydroxylation sites is 1. The van der Waals surface area contributed by atoms with Crippen LogP contribution in [0.25, 0.3) is 11.1 Å². The van der Waals surface area contributed by atoms with Crippen LogP contribution in [0.1, 0.15) is 54.8 Å². The Kier molecular flexibility index (Phi) is 7.77. The lowest BCUT2D eigenvalue weighted by atomic mass is 9.92. The molecule has 1 aliphatic carbocycles. The van der Waals surface area contributed by atoms with Crippen LogP contribution in [0, 0.1) is 5.41 Å². The molecular weight excluding hydrogens is 464 g/mol. The standard InChI is InChI=1S/C31H36N2O4/c32-29(8-15-34)25-6-3-5-24(18-25)27-16-23(20-37-30-7-2-1-4-26(30)21-36-22-35)17-28(19-27)33-13-11-31(9-10-31)12-14-33/h1-7,16-19,22,29,34H,8-15,20-21,32H2/t29-/m0/s1. The third-order valence-electron chi connectivity index (χ3n) is 7.89.